The van der Waals surface area contributed by atoms with Crippen LogP contribution in [0.25, 0.3) is 27.5 Å². The summed E-state index contributed by atoms with van der Waals surface area (Å²) in [7, 11) is 0. The van der Waals surface area contributed by atoms with E-state index >= 15 is 0 Å². The smallest absolute Gasteiger partial charge is 0.329 e. The molecule has 0 saturated heterocycles. The van der Waals surface area contributed by atoms with E-state index in [4.69, 9.17) is 4.84 Å². The molecule has 4 aromatic rings. The van der Waals surface area contributed by atoms with Gasteiger partial charge in [0.25, 0.3) is 0 Å². The van der Waals surface area contributed by atoms with E-state index in [1.165, 1.54) is 17.7 Å². The van der Waals surface area contributed by atoms with Gasteiger partial charge >= 0.3 is 5.97 Å². The summed E-state index contributed by atoms with van der Waals surface area (Å²) in [4.78, 5) is 19.9. The Morgan fingerprint density at radius 3 is 2.54 bits per heavy atom. The van der Waals surface area contributed by atoms with Crippen molar-refractivity contribution < 1.29 is 9.63 Å². The van der Waals surface area contributed by atoms with Gasteiger partial charge in [0.2, 0.25) is 0 Å². The Morgan fingerprint density at radius 1 is 1.00 bits per heavy atom. The first-order valence-corrected chi connectivity index (χ1v) is 7.61. The van der Waals surface area contributed by atoms with Crippen molar-refractivity contribution >= 4 is 33.5 Å². The molecule has 0 aliphatic carbocycles. The molecule has 0 amide bonds. The predicted octanol–water partition coefficient (Wildman–Crippen LogP) is 4.07. The quantitative estimate of drug-likeness (QED) is 0.579. The second-order valence-corrected chi connectivity index (χ2v) is 5.49. The fourth-order valence-electron chi connectivity index (χ4n) is 2.91. The maximum absolute atomic E-state index is 10.9. The van der Waals surface area contributed by atoms with Crippen molar-refractivity contribution in [2.24, 2.45) is 0 Å². The molecule has 118 valence electrons. The monoisotopic (exact) mass is 317 g/mol. The Morgan fingerprint density at radius 2 is 1.75 bits per heavy atom. The second kappa shape index (κ2) is 5.70. The molecule has 0 radical (unpaired) electrons. The van der Waals surface area contributed by atoms with Crippen molar-refractivity contribution in [3.63, 3.8) is 0 Å². The predicted molar refractivity (Wildman–Crippen MR) is 94.0 cm³/mol. The first-order chi connectivity index (χ1) is 11.7. The summed E-state index contributed by atoms with van der Waals surface area (Å²) < 4.78 is 2.17. The van der Waals surface area contributed by atoms with Gasteiger partial charge in [0.05, 0.1) is 22.9 Å². The number of nitrogens with zero attached hydrogens (tertiary/aromatic N) is 2. The van der Waals surface area contributed by atoms with Crippen LogP contribution in [0.5, 0.6) is 0 Å². The zero-order valence-electron chi connectivity index (χ0n) is 13.1. The summed E-state index contributed by atoms with van der Waals surface area (Å²) in [6.07, 6.45) is 3.69. The highest BCUT2D eigenvalue weighted by Gasteiger charge is 2.11. The highest BCUT2D eigenvalue weighted by molar-refractivity contribution is 6.08. The Kier molecular flexibility index (Phi) is 3.39. The molecule has 2 aromatic heterocycles. The van der Waals surface area contributed by atoms with E-state index in [9.17, 15) is 4.79 Å². The van der Waals surface area contributed by atoms with Crippen LogP contribution in [-0.2, 0) is 9.63 Å². The Bertz CT molecular complexity index is 982. The molecule has 0 fully saturated rings. The number of hydrogen-bond acceptors (Lipinski definition) is 4. The minimum Gasteiger partial charge on any atom is -0.344 e. The standard InChI is InChI=1S/C19H15N3O2/c1-13(23)24-21-14-6-8-15(9-7-14)22-18-5-3-2-4-16(18)17-10-11-20-12-19(17)22/h2-12,21H,1H3. The summed E-state index contributed by atoms with van der Waals surface area (Å²) >= 11 is 0. The van der Waals surface area contributed by atoms with Gasteiger partial charge in [-0.25, -0.2) is 5.48 Å². The molecule has 0 aliphatic heterocycles. The van der Waals surface area contributed by atoms with Crippen LogP contribution in [-0.4, -0.2) is 15.5 Å². The van der Waals surface area contributed by atoms with Crippen LogP contribution in [0.2, 0.25) is 0 Å². The number of anilines is 1. The average molecular weight is 317 g/mol. The molecule has 5 nitrogen and oxygen atoms in total. The highest BCUT2D eigenvalue weighted by atomic mass is 16.7. The van der Waals surface area contributed by atoms with Gasteiger partial charge < -0.3 is 9.40 Å². The summed E-state index contributed by atoms with van der Waals surface area (Å²) in [6, 6.07) is 18.0. The Balaban J connectivity index is 1.84. The van der Waals surface area contributed by atoms with E-state index in [-0.39, 0.29) is 5.97 Å². The van der Waals surface area contributed by atoms with Crippen LogP contribution in [0, 0.1) is 0 Å². The lowest BCUT2D eigenvalue weighted by Gasteiger charge is -2.09. The first-order valence-electron chi connectivity index (χ1n) is 7.61. The Labute approximate surface area is 138 Å². The van der Waals surface area contributed by atoms with E-state index in [0.29, 0.717) is 5.69 Å². The number of fused-ring (bicyclic) bond motifs is 3. The SMILES string of the molecule is CC(=O)ONc1ccc(-n2c3ccccc3c3ccncc32)cc1. The van der Waals surface area contributed by atoms with Gasteiger partial charge in [-0.15, -0.1) is 0 Å². The van der Waals surface area contributed by atoms with E-state index < -0.39 is 0 Å². The van der Waals surface area contributed by atoms with Gasteiger partial charge in [-0.05, 0) is 36.4 Å². The molecule has 24 heavy (non-hydrogen) atoms. The van der Waals surface area contributed by atoms with E-state index in [1.807, 2.05) is 54.9 Å². The molecule has 4 rings (SSSR count). The van der Waals surface area contributed by atoms with Crippen molar-refractivity contribution in [1.29, 1.82) is 0 Å². The number of nitrogens with one attached hydrogen (secondary N) is 1. The van der Waals surface area contributed by atoms with Crippen LogP contribution < -0.4 is 5.48 Å². The molecular weight excluding hydrogens is 302 g/mol. The molecule has 5 heteroatoms. The summed E-state index contributed by atoms with van der Waals surface area (Å²) in [6.45, 7) is 1.35. The van der Waals surface area contributed by atoms with Crippen molar-refractivity contribution in [3.8, 4) is 5.69 Å². The molecule has 0 saturated carbocycles. The van der Waals surface area contributed by atoms with Crippen molar-refractivity contribution in [2.75, 3.05) is 5.48 Å². The second-order valence-electron chi connectivity index (χ2n) is 5.49. The van der Waals surface area contributed by atoms with Crippen molar-refractivity contribution in [1.82, 2.24) is 9.55 Å². The number of benzene rings is 2. The van der Waals surface area contributed by atoms with Gasteiger partial charge in [0, 0.05) is 29.6 Å². The topological polar surface area (TPSA) is 56.1 Å². The lowest BCUT2D eigenvalue weighted by atomic mass is 10.2. The third-order valence-electron chi connectivity index (χ3n) is 3.91. The number of rotatable bonds is 3. The fraction of sp³-hybridized carbons (Fsp3) is 0.0526. The summed E-state index contributed by atoms with van der Waals surface area (Å²) in [5, 5.41) is 2.36. The maximum Gasteiger partial charge on any atom is 0.329 e. The average Bonchev–Trinajstić information content (AvgIpc) is 2.95. The molecule has 0 bridgehead atoms. The van der Waals surface area contributed by atoms with Crippen LogP contribution in [0.3, 0.4) is 0 Å². The number of carbonyl (C=O) groups excluding carboxylic acids is 1. The molecule has 0 spiro atoms. The number of carbonyl (C=O) groups is 1. The normalized spacial score (nSPS) is 10.9. The van der Waals surface area contributed by atoms with Crippen LogP contribution in [0.4, 0.5) is 5.69 Å². The molecule has 1 N–H and O–H groups in total. The number of para-hydroxylation sites is 1. The summed E-state index contributed by atoms with van der Waals surface area (Å²) in [5.74, 6) is -0.382. The van der Waals surface area contributed by atoms with E-state index in [2.05, 4.69) is 27.2 Å². The zero-order chi connectivity index (χ0) is 16.5. The first kappa shape index (κ1) is 14.3. The van der Waals surface area contributed by atoms with E-state index in [0.717, 1.165) is 16.7 Å². The summed E-state index contributed by atoms with van der Waals surface area (Å²) in [5.41, 5.74) is 6.53. The zero-order valence-corrected chi connectivity index (χ0v) is 13.1. The maximum atomic E-state index is 10.9. The molecule has 2 aromatic carbocycles. The molecule has 2 heterocycles. The van der Waals surface area contributed by atoms with Gasteiger partial charge in [0.15, 0.2) is 0 Å². The third-order valence-corrected chi connectivity index (χ3v) is 3.91. The highest BCUT2D eigenvalue weighted by Crippen LogP contribution is 2.31. The fourth-order valence-corrected chi connectivity index (χ4v) is 2.91. The van der Waals surface area contributed by atoms with Crippen LogP contribution in [0.1, 0.15) is 6.92 Å². The minimum atomic E-state index is -0.382. The van der Waals surface area contributed by atoms with Gasteiger partial charge in [-0.3, -0.25) is 9.78 Å². The number of aromatic nitrogens is 2. The van der Waals surface area contributed by atoms with Gasteiger partial charge in [-0.2, -0.15) is 0 Å². The van der Waals surface area contributed by atoms with Gasteiger partial charge in [0.1, 0.15) is 0 Å². The molecular formula is C19H15N3O2. The van der Waals surface area contributed by atoms with Crippen molar-refractivity contribution in [2.45, 2.75) is 6.92 Å². The number of pyridine rings is 1. The lowest BCUT2D eigenvalue weighted by molar-refractivity contribution is -0.138. The molecule has 0 atom stereocenters. The Hall–Kier alpha value is -3.34. The minimum absolute atomic E-state index is 0.382. The molecule has 0 unspecified atom stereocenters. The van der Waals surface area contributed by atoms with Gasteiger partial charge in [-0.1, -0.05) is 18.2 Å². The van der Waals surface area contributed by atoms with Crippen molar-refractivity contribution in [3.05, 3.63) is 67.0 Å². The number of hydrogen-bond donors (Lipinski definition) is 1. The lowest BCUT2D eigenvalue weighted by Crippen LogP contribution is -2.06. The van der Waals surface area contributed by atoms with Crippen LogP contribution in [0.15, 0.2) is 67.0 Å². The van der Waals surface area contributed by atoms with E-state index in [1.54, 1.807) is 0 Å². The molecule has 0 aliphatic rings. The third kappa shape index (κ3) is 2.36. The van der Waals surface area contributed by atoms with Crippen LogP contribution >= 0.6 is 0 Å². The largest absolute Gasteiger partial charge is 0.344 e.